The van der Waals surface area contributed by atoms with Gasteiger partial charge in [0.2, 0.25) is 0 Å². The molecule has 0 saturated carbocycles. The van der Waals surface area contributed by atoms with E-state index >= 15 is 0 Å². The molecule has 0 radical (unpaired) electrons. The van der Waals surface area contributed by atoms with Crippen molar-refractivity contribution in [3.8, 4) is 0 Å². The molecular formula is C16H20FN3O2. The lowest BCUT2D eigenvalue weighted by Gasteiger charge is -2.21. The standard InChI is InChI=1S/C16H20FN3O2/c1-10(19-15(21)22-16(2,3)4)13-9-18-14(20-13)11-6-5-7-12(17)8-11/h5-8,10H,9H2,1-4H3,(H,19,21)/t10-/m1/s1. The van der Waals surface area contributed by atoms with Crippen LogP contribution in [0.1, 0.15) is 33.3 Å². The van der Waals surface area contributed by atoms with Crippen molar-refractivity contribution in [3.63, 3.8) is 0 Å². The molecule has 2 rings (SSSR count). The lowest BCUT2D eigenvalue weighted by atomic mass is 10.2. The van der Waals surface area contributed by atoms with Crippen molar-refractivity contribution in [1.82, 2.24) is 5.32 Å². The molecule has 0 unspecified atom stereocenters. The van der Waals surface area contributed by atoms with Gasteiger partial charge in [-0.2, -0.15) is 0 Å². The smallest absolute Gasteiger partial charge is 0.408 e. The molecule has 1 heterocycles. The summed E-state index contributed by atoms with van der Waals surface area (Å²) in [5.41, 5.74) is 0.787. The Hall–Kier alpha value is -2.24. The molecule has 1 amide bonds. The van der Waals surface area contributed by atoms with E-state index in [9.17, 15) is 9.18 Å². The van der Waals surface area contributed by atoms with Crippen LogP contribution in [0.25, 0.3) is 0 Å². The fraction of sp³-hybridized carbons (Fsp3) is 0.438. The topological polar surface area (TPSA) is 63.0 Å². The highest BCUT2D eigenvalue weighted by Gasteiger charge is 2.22. The van der Waals surface area contributed by atoms with Gasteiger partial charge in [0.1, 0.15) is 11.4 Å². The molecule has 0 aliphatic carbocycles. The molecule has 0 fully saturated rings. The predicted octanol–water partition coefficient (Wildman–Crippen LogP) is 2.94. The Morgan fingerprint density at radius 3 is 2.77 bits per heavy atom. The van der Waals surface area contributed by atoms with Gasteiger partial charge in [-0.3, -0.25) is 4.99 Å². The molecule has 1 aliphatic rings. The van der Waals surface area contributed by atoms with Gasteiger partial charge in [-0.15, -0.1) is 0 Å². The zero-order valence-electron chi connectivity index (χ0n) is 13.2. The van der Waals surface area contributed by atoms with Gasteiger partial charge in [-0.25, -0.2) is 14.2 Å². The number of nitrogens with zero attached hydrogens (tertiary/aromatic N) is 2. The summed E-state index contributed by atoms with van der Waals surface area (Å²) in [5, 5.41) is 2.72. The van der Waals surface area contributed by atoms with E-state index in [1.165, 1.54) is 12.1 Å². The second kappa shape index (κ2) is 6.25. The van der Waals surface area contributed by atoms with E-state index in [1.807, 2.05) is 6.92 Å². The van der Waals surface area contributed by atoms with E-state index in [4.69, 9.17) is 4.74 Å². The highest BCUT2D eigenvalue weighted by atomic mass is 19.1. The Bertz CT molecular complexity index is 633. The first-order valence-corrected chi connectivity index (χ1v) is 7.12. The van der Waals surface area contributed by atoms with Gasteiger partial charge in [-0.05, 0) is 39.8 Å². The van der Waals surface area contributed by atoms with E-state index in [1.54, 1.807) is 32.9 Å². The van der Waals surface area contributed by atoms with Gasteiger partial charge in [-0.1, -0.05) is 12.1 Å². The summed E-state index contributed by atoms with van der Waals surface area (Å²) < 4.78 is 18.4. The SMILES string of the molecule is C[C@@H](NC(=O)OC(C)(C)C)C1=NC(c2cccc(F)c2)=NC1. The summed E-state index contributed by atoms with van der Waals surface area (Å²) in [6.07, 6.45) is -0.498. The quantitative estimate of drug-likeness (QED) is 0.933. The van der Waals surface area contributed by atoms with E-state index in [0.29, 0.717) is 23.7 Å². The summed E-state index contributed by atoms with van der Waals surface area (Å²) in [7, 11) is 0. The molecule has 1 N–H and O–H groups in total. The lowest BCUT2D eigenvalue weighted by Crippen LogP contribution is -2.42. The summed E-state index contributed by atoms with van der Waals surface area (Å²) >= 11 is 0. The fourth-order valence-corrected chi connectivity index (χ4v) is 1.95. The minimum Gasteiger partial charge on any atom is -0.444 e. The maximum atomic E-state index is 13.2. The zero-order valence-corrected chi connectivity index (χ0v) is 13.2. The second-order valence-corrected chi connectivity index (χ2v) is 6.12. The molecule has 1 aliphatic heterocycles. The molecule has 0 bridgehead atoms. The lowest BCUT2D eigenvalue weighted by molar-refractivity contribution is 0.0521. The van der Waals surface area contributed by atoms with Gasteiger partial charge in [0.15, 0.2) is 5.84 Å². The molecular weight excluding hydrogens is 285 g/mol. The maximum absolute atomic E-state index is 13.2. The third-order valence-electron chi connectivity index (χ3n) is 2.96. The first-order chi connectivity index (χ1) is 10.2. The highest BCUT2D eigenvalue weighted by Crippen LogP contribution is 2.12. The first kappa shape index (κ1) is 16.1. The molecule has 22 heavy (non-hydrogen) atoms. The van der Waals surface area contributed by atoms with Crippen LogP contribution >= 0.6 is 0 Å². The third-order valence-corrected chi connectivity index (χ3v) is 2.96. The average molecular weight is 305 g/mol. The molecule has 0 aromatic heterocycles. The largest absolute Gasteiger partial charge is 0.444 e. The van der Waals surface area contributed by atoms with E-state index in [-0.39, 0.29) is 11.9 Å². The number of hydrogen-bond donors (Lipinski definition) is 1. The Labute approximate surface area is 129 Å². The summed E-state index contributed by atoms with van der Waals surface area (Å²) in [6.45, 7) is 7.59. The van der Waals surface area contributed by atoms with Crippen LogP contribution < -0.4 is 5.32 Å². The summed E-state index contributed by atoms with van der Waals surface area (Å²) in [5.74, 6) is 0.149. The number of ether oxygens (including phenoxy) is 1. The Morgan fingerprint density at radius 2 is 2.14 bits per heavy atom. The number of halogens is 1. The first-order valence-electron chi connectivity index (χ1n) is 7.12. The molecule has 118 valence electrons. The van der Waals surface area contributed by atoms with Crippen molar-refractivity contribution in [2.75, 3.05) is 6.54 Å². The van der Waals surface area contributed by atoms with Crippen molar-refractivity contribution in [2.45, 2.75) is 39.3 Å². The Kier molecular flexibility index (Phi) is 4.59. The minimum absolute atomic E-state index is 0.301. The summed E-state index contributed by atoms with van der Waals surface area (Å²) in [6, 6.07) is 5.82. The van der Waals surface area contributed by atoms with Crippen LogP contribution in [-0.2, 0) is 4.74 Å². The molecule has 1 aromatic rings. The van der Waals surface area contributed by atoms with Crippen molar-refractivity contribution in [2.24, 2.45) is 9.98 Å². The molecule has 6 heteroatoms. The number of amides is 1. The molecule has 5 nitrogen and oxygen atoms in total. The minimum atomic E-state index is -0.551. The summed E-state index contributed by atoms with van der Waals surface area (Å²) in [4.78, 5) is 20.4. The molecule has 0 spiro atoms. The van der Waals surface area contributed by atoms with Crippen molar-refractivity contribution in [1.29, 1.82) is 0 Å². The molecule has 1 aromatic carbocycles. The number of nitrogens with one attached hydrogen (secondary N) is 1. The Balaban J connectivity index is 2.00. The average Bonchev–Trinajstić information content (AvgIpc) is 2.85. The second-order valence-electron chi connectivity index (χ2n) is 6.12. The number of aliphatic imine (C=N–C) groups is 2. The number of benzene rings is 1. The van der Waals surface area contributed by atoms with Crippen LogP contribution in [0.15, 0.2) is 34.3 Å². The number of carbonyl (C=O) groups is 1. The van der Waals surface area contributed by atoms with Gasteiger partial charge in [0.25, 0.3) is 0 Å². The van der Waals surface area contributed by atoms with Crippen LogP contribution in [0.2, 0.25) is 0 Å². The predicted molar refractivity (Wildman–Crippen MR) is 84.1 cm³/mol. The maximum Gasteiger partial charge on any atom is 0.408 e. The number of rotatable bonds is 3. The van der Waals surface area contributed by atoms with E-state index in [0.717, 1.165) is 0 Å². The van der Waals surface area contributed by atoms with Crippen LogP contribution in [0.5, 0.6) is 0 Å². The fourth-order valence-electron chi connectivity index (χ4n) is 1.95. The van der Waals surface area contributed by atoms with Crippen molar-refractivity contribution < 1.29 is 13.9 Å². The number of carbonyl (C=O) groups excluding carboxylic acids is 1. The number of hydrogen-bond acceptors (Lipinski definition) is 4. The number of amidine groups is 1. The van der Waals surface area contributed by atoms with Crippen molar-refractivity contribution in [3.05, 3.63) is 35.6 Å². The van der Waals surface area contributed by atoms with Gasteiger partial charge in [0, 0.05) is 5.56 Å². The van der Waals surface area contributed by atoms with Crippen molar-refractivity contribution >= 4 is 17.6 Å². The van der Waals surface area contributed by atoms with E-state index in [2.05, 4.69) is 15.3 Å². The van der Waals surface area contributed by atoms with E-state index < -0.39 is 11.7 Å². The highest BCUT2D eigenvalue weighted by molar-refractivity contribution is 6.13. The van der Waals surface area contributed by atoms with Crippen LogP contribution in [0.3, 0.4) is 0 Å². The normalized spacial score (nSPS) is 15.9. The van der Waals surface area contributed by atoms with Gasteiger partial charge in [0.05, 0.1) is 18.3 Å². The number of alkyl carbamates (subject to hydrolysis) is 1. The van der Waals surface area contributed by atoms with Crippen LogP contribution in [0.4, 0.5) is 9.18 Å². The molecule has 1 atom stereocenters. The Morgan fingerprint density at radius 1 is 1.41 bits per heavy atom. The van der Waals surface area contributed by atoms with Crippen LogP contribution in [0, 0.1) is 5.82 Å². The monoisotopic (exact) mass is 305 g/mol. The van der Waals surface area contributed by atoms with Gasteiger partial charge < -0.3 is 10.1 Å². The zero-order chi connectivity index (χ0) is 16.3. The third kappa shape index (κ3) is 4.38. The van der Waals surface area contributed by atoms with Crippen LogP contribution in [-0.4, -0.2) is 35.8 Å². The van der Waals surface area contributed by atoms with Gasteiger partial charge >= 0.3 is 6.09 Å². The molecule has 0 saturated heterocycles.